The zero-order valence-corrected chi connectivity index (χ0v) is 10.2. The minimum absolute atomic E-state index is 0.318. The first-order valence-electron chi connectivity index (χ1n) is 4.89. The maximum atomic E-state index is 13.1. The molecule has 0 aliphatic carbocycles. The van der Waals surface area contributed by atoms with Crippen molar-refractivity contribution in [3.05, 3.63) is 28.5 Å². The fraction of sp³-hybridized carbons (Fsp3) is 0.455. The largest absolute Gasteiger partial charge is 0.491 e. The fourth-order valence-corrected chi connectivity index (χ4v) is 1.28. The van der Waals surface area contributed by atoms with Gasteiger partial charge in [0.1, 0.15) is 18.2 Å². The summed E-state index contributed by atoms with van der Waals surface area (Å²) in [6.45, 7) is 3.76. The number of rotatable bonds is 6. The highest BCUT2D eigenvalue weighted by Gasteiger charge is 2.00. The van der Waals surface area contributed by atoms with Crippen LogP contribution in [0.5, 0.6) is 5.75 Å². The van der Waals surface area contributed by atoms with Crippen molar-refractivity contribution in [3.63, 3.8) is 0 Å². The van der Waals surface area contributed by atoms with Crippen molar-refractivity contribution in [1.82, 2.24) is 0 Å². The Morgan fingerprint density at radius 3 is 2.73 bits per heavy atom. The van der Waals surface area contributed by atoms with Gasteiger partial charge in [0.25, 0.3) is 0 Å². The number of hydrogen-bond donors (Lipinski definition) is 0. The third-order valence-corrected chi connectivity index (χ3v) is 2.38. The summed E-state index contributed by atoms with van der Waals surface area (Å²) in [7, 11) is 0. The van der Waals surface area contributed by atoms with Crippen molar-refractivity contribution in [2.75, 3.05) is 19.8 Å². The average molecular weight is 277 g/mol. The standard InChI is InChI=1S/C11H14BrFO2/c1-2-5-14-6-7-15-9-3-4-10(12)11(13)8-9/h3-4,8H,2,5-7H2,1H3. The first-order valence-corrected chi connectivity index (χ1v) is 5.69. The lowest BCUT2D eigenvalue weighted by Gasteiger charge is -2.06. The summed E-state index contributed by atoms with van der Waals surface area (Å²) >= 11 is 3.08. The molecule has 84 valence electrons. The van der Waals surface area contributed by atoms with E-state index in [9.17, 15) is 4.39 Å². The molecule has 15 heavy (non-hydrogen) atoms. The first-order chi connectivity index (χ1) is 7.24. The van der Waals surface area contributed by atoms with Crippen LogP contribution >= 0.6 is 15.9 Å². The molecule has 2 nitrogen and oxygen atoms in total. The monoisotopic (exact) mass is 276 g/mol. The number of hydrogen-bond acceptors (Lipinski definition) is 2. The quantitative estimate of drug-likeness (QED) is 0.742. The first kappa shape index (κ1) is 12.5. The van der Waals surface area contributed by atoms with E-state index in [1.807, 2.05) is 6.92 Å². The molecule has 0 amide bonds. The molecule has 0 aromatic heterocycles. The van der Waals surface area contributed by atoms with Gasteiger partial charge in [-0.2, -0.15) is 0 Å². The number of ether oxygens (including phenoxy) is 2. The van der Waals surface area contributed by atoms with Crippen LogP contribution in [-0.2, 0) is 4.74 Å². The molecule has 0 heterocycles. The van der Waals surface area contributed by atoms with E-state index in [4.69, 9.17) is 9.47 Å². The van der Waals surface area contributed by atoms with E-state index in [2.05, 4.69) is 15.9 Å². The molecule has 4 heteroatoms. The van der Waals surface area contributed by atoms with Crippen LogP contribution in [0.25, 0.3) is 0 Å². The molecule has 0 N–H and O–H groups in total. The zero-order chi connectivity index (χ0) is 11.1. The molecule has 0 fully saturated rings. The third-order valence-electron chi connectivity index (χ3n) is 1.74. The van der Waals surface area contributed by atoms with E-state index in [1.54, 1.807) is 12.1 Å². The summed E-state index contributed by atoms with van der Waals surface area (Å²) in [6, 6.07) is 4.69. The molecule has 0 bridgehead atoms. The Morgan fingerprint density at radius 1 is 1.27 bits per heavy atom. The van der Waals surface area contributed by atoms with Crippen LogP contribution < -0.4 is 4.74 Å². The molecule has 0 radical (unpaired) electrons. The van der Waals surface area contributed by atoms with Gasteiger partial charge in [-0.15, -0.1) is 0 Å². The Balaban J connectivity index is 2.28. The summed E-state index contributed by atoms with van der Waals surface area (Å²) in [5, 5.41) is 0. The Hall–Kier alpha value is -0.610. The Labute approximate surface area is 97.5 Å². The minimum atomic E-state index is -0.318. The van der Waals surface area contributed by atoms with Crippen molar-refractivity contribution in [2.45, 2.75) is 13.3 Å². The van der Waals surface area contributed by atoms with Crippen molar-refractivity contribution in [1.29, 1.82) is 0 Å². The van der Waals surface area contributed by atoms with Crippen LogP contribution in [0.1, 0.15) is 13.3 Å². The molecular weight excluding hydrogens is 263 g/mol. The molecule has 0 aliphatic heterocycles. The topological polar surface area (TPSA) is 18.5 Å². The van der Waals surface area contributed by atoms with Crippen LogP contribution in [0.15, 0.2) is 22.7 Å². The lowest BCUT2D eigenvalue weighted by Crippen LogP contribution is -2.07. The van der Waals surface area contributed by atoms with Gasteiger partial charge in [0.2, 0.25) is 0 Å². The molecule has 0 unspecified atom stereocenters. The Bertz CT molecular complexity index is 305. The molecule has 1 aromatic rings. The zero-order valence-electron chi connectivity index (χ0n) is 8.63. The predicted molar refractivity (Wildman–Crippen MR) is 60.7 cm³/mol. The van der Waals surface area contributed by atoms with Crippen LogP contribution in [0.2, 0.25) is 0 Å². The normalized spacial score (nSPS) is 10.3. The highest BCUT2D eigenvalue weighted by molar-refractivity contribution is 9.10. The Morgan fingerprint density at radius 2 is 2.07 bits per heavy atom. The number of halogens is 2. The molecule has 0 aliphatic rings. The molecule has 1 aromatic carbocycles. The predicted octanol–water partition coefficient (Wildman–Crippen LogP) is 3.39. The summed E-state index contributed by atoms with van der Waals surface area (Å²) in [6.07, 6.45) is 0.993. The van der Waals surface area contributed by atoms with Crippen LogP contribution in [-0.4, -0.2) is 19.8 Å². The highest BCUT2D eigenvalue weighted by atomic mass is 79.9. The van der Waals surface area contributed by atoms with E-state index in [0.29, 0.717) is 23.4 Å². The van der Waals surface area contributed by atoms with Crippen molar-refractivity contribution < 1.29 is 13.9 Å². The fourth-order valence-electron chi connectivity index (χ4n) is 1.03. The van der Waals surface area contributed by atoms with E-state index < -0.39 is 0 Å². The van der Waals surface area contributed by atoms with E-state index >= 15 is 0 Å². The van der Waals surface area contributed by atoms with Gasteiger partial charge >= 0.3 is 0 Å². The third kappa shape index (κ3) is 4.62. The molecule has 0 spiro atoms. The van der Waals surface area contributed by atoms with E-state index in [0.717, 1.165) is 13.0 Å². The van der Waals surface area contributed by atoms with E-state index in [1.165, 1.54) is 6.07 Å². The molecular formula is C11H14BrFO2. The maximum absolute atomic E-state index is 13.1. The maximum Gasteiger partial charge on any atom is 0.141 e. The molecule has 0 saturated heterocycles. The van der Waals surface area contributed by atoms with Crippen LogP contribution in [0.4, 0.5) is 4.39 Å². The second-order valence-electron chi connectivity index (χ2n) is 3.04. The molecule has 1 rings (SSSR count). The lowest BCUT2D eigenvalue weighted by atomic mass is 10.3. The van der Waals surface area contributed by atoms with Gasteiger partial charge in [0.05, 0.1) is 11.1 Å². The number of benzene rings is 1. The highest BCUT2D eigenvalue weighted by Crippen LogP contribution is 2.20. The summed E-state index contributed by atoms with van der Waals surface area (Å²) in [5.74, 6) is 0.206. The van der Waals surface area contributed by atoms with Gasteiger partial charge in [-0.05, 0) is 34.5 Å². The van der Waals surface area contributed by atoms with Gasteiger partial charge in [-0.3, -0.25) is 0 Å². The summed E-state index contributed by atoms with van der Waals surface area (Å²) in [4.78, 5) is 0. The Kier molecular flexibility index (Phi) is 5.65. The smallest absolute Gasteiger partial charge is 0.141 e. The van der Waals surface area contributed by atoms with E-state index in [-0.39, 0.29) is 5.82 Å². The molecule has 0 atom stereocenters. The van der Waals surface area contributed by atoms with Gasteiger partial charge < -0.3 is 9.47 Å². The van der Waals surface area contributed by atoms with Crippen LogP contribution in [0.3, 0.4) is 0 Å². The minimum Gasteiger partial charge on any atom is -0.491 e. The van der Waals surface area contributed by atoms with Gasteiger partial charge in [-0.25, -0.2) is 4.39 Å². The van der Waals surface area contributed by atoms with Crippen LogP contribution in [0, 0.1) is 5.82 Å². The summed E-state index contributed by atoms with van der Waals surface area (Å²) in [5.41, 5.74) is 0. The summed E-state index contributed by atoms with van der Waals surface area (Å²) < 4.78 is 24.0. The average Bonchev–Trinajstić information content (AvgIpc) is 2.23. The van der Waals surface area contributed by atoms with Gasteiger partial charge in [0, 0.05) is 12.7 Å². The van der Waals surface area contributed by atoms with Gasteiger partial charge in [0.15, 0.2) is 0 Å². The lowest BCUT2D eigenvalue weighted by molar-refractivity contribution is 0.100. The van der Waals surface area contributed by atoms with Gasteiger partial charge in [-0.1, -0.05) is 6.92 Å². The second kappa shape index (κ2) is 6.80. The van der Waals surface area contributed by atoms with Crippen molar-refractivity contribution in [2.24, 2.45) is 0 Å². The second-order valence-corrected chi connectivity index (χ2v) is 3.89. The van der Waals surface area contributed by atoms with Crippen molar-refractivity contribution in [3.8, 4) is 5.75 Å². The SMILES string of the molecule is CCCOCCOc1ccc(Br)c(F)c1. The molecule has 0 saturated carbocycles. The van der Waals surface area contributed by atoms with Crippen molar-refractivity contribution >= 4 is 15.9 Å².